The topological polar surface area (TPSA) is 59.8 Å². The lowest BCUT2D eigenvalue weighted by atomic mass is 10.1. The molecule has 3 aromatic rings. The highest BCUT2D eigenvalue weighted by atomic mass is 19.3. The first-order valence-electron chi connectivity index (χ1n) is 7.64. The van der Waals surface area contributed by atoms with Gasteiger partial charge in [0.05, 0.1) is 16.8 Å². The molecule has 0 radical (unpaired) electrons. The van der Waals surface area contributed by atoms with Gasteiger partial charge in [-0.25, -0.2) is 27.2 Å². The number of aromatic nitrogens is 3. The first kappa shape index (κ1) is 17.8. The van der Waals surface area contributed by atoms with E-state index < -0.39 is 24.0 Å². The second-order valence-electron chi connectivity index (χ2n) is 5.77. The van der Waals surface area contributed by atoms with Crippen LogP contribution in [-0.2, 0) is 11.3 Å². The van der Waals surface area contributed by atoms with E-state index >= 15 is 0 Å². The molecule has 136 valence electrons. The van der Waals surface area contributed by atoms with Crippen LogP contribution in [0.15, 0.2) is 24.3 Å². The van der Waals surface area contributed by atoms with E-state index in [1.807, 2.05) is 0 Å². The number of rotatable bonds is 4. The number of alkyl halides is 2. The number of hydrogen-bond acceptors (Lipinski definition) is 3. The van der Waals surface area contributed by atoms with Crippen molar-refractivity contribution in [1.82, 2.24) is 14.8 Å². The molecule has 0 atom stereocenters. The maximum absolute atomic E-state index is 13.6. The van der Waals surface area contributed by atoms with Gasteiger partial charge >= 0.3 is 0 Å². The van der Waals surface area contributed by atoms with Crippen LogP contribution >= 0.6 is 0 Å². The Morgan fingerprint density at radius 3 is 2.62 bits per heavy atom. The molecule has 1 N–H and O–H groups in total. The van der Waals surface area contributed by atoms with Crippen molar-refractivity contribution in [2.45, 2.75) is 26.8 Å². The minimum absolute atomic E-state index is 0.146. The summed E-state index contributed by atoms with van der Waals surface area (Å²) < 4.78 is 54.3. The Morgan fingerprint density at radius 2 is 1.96 bits per heavy atom. The number of nitrogens with one attached hydrogen (secondary N) is 1. The third kappa shape index (κ3) is 3.37. The molecule has 0 spiro atoms. The second kappa shape index (κ2) is 6.74. The number of benzene rings is 1. The highest BCUT2D eigenvalue weighted by Crippen LogP contribution is 2.30. The third-order valence-corrected chi connectivity index (χ3v) is 3.77. The van der Waals surface area contributed by atoms with Gasteiger partial charge in [0.15, 0.2) is 5.65 Å². The standard InChI is InChI=1S/C17H14F4N4O/c1-8-5-11(16(20)21)15-9(2)24-25(17(15)22-8)7-14(26)23-13-4-3-10(18)6-12(13)19/h3-6,16H,7H2,1-2H3,(H,23,26). The molecule has 5 nitrogen and oxygen atoms in total. The predicted molar refractivity (Wildman–Crippen MR) is 86.9 cm³/mol. The number of fused-ring (bicyclic) bond motifs is 1. The van der Waals surface area contributed by atoms with Crippen molar-refractivity contribution in [3.05, 3.63) is 52.9 Å². The number of anilines is 1. The lowest BCUT2D eigenvalue weighted by molar-refractivity contribution is -0.116. The van der Waals surface area contributed by atoms with Crippen LogP contribution < -0.4 is 5.32 Å². The van der Waals surface area contributed by atoms with Gasteiger partial charge in [0, 0.05) is 17.3 Å². The first-order valence-corrected chi connectivity index (χ1v) is 7.64. The van der Waals surface area contributed by atoms with Gasteiger partial charge in [-0.2, -0.15) is 5.10 Å². The molecule has 1 aromatic carbocycles. The lowest BCUT2D eigenvalue weighted by Crippen LogP contribution is -2.20. The maximum Gasteiger partial charge on any atom is 0.264 e. The number of hydrogen-bond donors (Lipinski definition) is 1. The number of amides is 1. The Hall–Kier alpha value is -2.97. The molecular formula is C17H14F4N4O. The molecule has 26 heavy (non-hydrogen) atoms. The van der Waals surface area contributed by atoms with E-state index in [-0.39, 0.29) is 28.8 Å². The van der Waals surface area contributed by atoms with Crippen LogP contribution in [0.2, 0.25) is 0 Å². The molecule has 0 saturated carbocycles. The number of aryl methyl sites for hydroxylation is 2. The zero-order chi connectivity index (χ0) is 19.0. The molecule has 0 bridgehead atoms. The molecule has 0 aliphatic carbocycles. The largest absolute Gasteiger partial charge is 0.322 e. The fourth-order valence-corrected chi connectivity index (χ4v) is 2.72. The van der Waals surface area contributed by atoms with Crippen molar-refractivity contribution >= 4 is 22.6 Å². The predicted octanol–water partition coefficient (Wildman–Crippen LogP) is 3.90. The van der Waals surface area contributed by atoms with E-state index in [0.717, 1.165) is 12.1 Å². The molecule has 0 saturated heterocycles. The van der Waals surface area contributed by atoms with Crippen molar-refractivity contribution in [2.75, 3.05) is 5.32 Å². The Balaban J connectivity index is 1.92. The monoisotopic (exact) mass is 366 g/mol. The molecule has 2 heterocycles. The third-order valence-electron chi connectivity index (χ3n) is 3.77. The van der Waals surface area contributed by atoms with Gasteiger partial charge < -0.3 is 5.32 Å². The molecule has 0 unspecified atom stereocenters. The minimum atomic E-state index is -2.71. The fraction of sp³-hybridized carbons (Fsp3) is 0.235. The highest BCUT2D eigenvalue weighted by molar-refractivity contribution is 5.92. The zero-order valence-electron chi connectivity index (χ0n) is 13.9. The van der Waals surface area contributed by atoms with E-state index in [4.69, 9.17) is 0 Å². The Morgan fingerprint density at radius 1 is 1.23 bits per heavy atom. The van der Waals surface area contributed by atoms with E-state index in [2.05, 4.69) is 15.4 Å². The molecule has 3 rings (SSSR count). The quantitative estimate of drug-likeness (QED) is 0.713. The van der Waals surface area contributed by atoms with E-state index in [1.165, 1.54) is 10.7 Å². The normalized spacial score (nSPS) is 11.3. The minimum Gasteiger partial charge on any atom is -0.322 e. The average Bonchev–Trinajstić information content (AvgIpc) is 2.85. The van der Waals surface area contributed by atoms with Gasteiger partial charge in [-0.1, -0.05) is 0 Å². The van der Waals surface area contributed by atoms with Crippen molar-refractivity contribution in [3.8, 4) is 0 Å². The molecule has 2 aromatic heterocycles. The van der Waals surface area contributed by atoms with Gasteiger partial charge in [-0.3, -0.25) is 4.79 Å². The number of nitrogens with zero attached hydrogens (tertiary/aromatic N) is 3. The summed E-state index contributed by atoms with van der Waals surface area (Å²) in [6, 6.07) is 4.02. The smallest absolute Gasteiger partial charge is 0.264 e. The van der Waals surface area contributed by atoms with Crippen LogP contribution in [0, 0.1) is 25.5 Å². The van der Waals surface area contributed by atoms with E-state index in [9.17, 15) is 22.4 Å². The number of pyridine rings is 1. The van der Waals surface area contributed by atoms with Gasteiger partial charge in [0.25, 0.3) is 6.43 Å². The lowest BCUT2D eigenvalue weighted by Gasteiger charge is -2.08. The number of carbonyl (C=O) groups excluding carboxylic acids is 1. The fourth-order valence-electron chi connectivity index (χ4n) is 2.72. The number of halogens is 4. The van der Waals surface area contributed by atoms with Crippen LogP contribution in [0.4, 0.5) is 23.2 Å². The first-order chi connectivity index (χ1) is 12.3. The molecule has 0 aliphatic rings. The summed E-state index contributed by atoms with van der Waals surface area (Å²) in [7, 11) is 0. The van der Waals surface area contributed by atoms with Gasteiger partial charge in [-0.15, -0.1) is 0 Å². The molecular weight excluding hydrogens is 352 g/mol. The number of carbonyl (C=O) groups is 1. The van der Waals surface area contributed by atoms with Gasteiger partial charge in [0.2, 0.25) is 5.91 Å². The molecule has 0 aliphatic heterocycles. The summed E-state index contributed by atoms with van der Waals surface area (Å²) in [6.07, 6.45) is -2.71. The average molecular weight is 366 g/mol. The molecule has 0 fully saturated rings. The summed E-state index contributed by atoms with van der Waals surface area (Å²) in [6.45, 7) is 2.74. The Kier molecular flexibility index (Phi) is 4.62. The Labute approximate surface area is 145 Å². The van der Waals surface area contributed by atoms with Crippen molar-refractivity contribution in [3.63, 3.8) is 0 Å². The summed E-state index contributed by atoms with van der Waals surface area (Å²) in [5.41, 5.74) is 0.415. The van der Waals surface area contributed by atoms with E-state index in [0.29, 0.717) is 17.5 Å². The van der Waals surface area contributed by atoms with Crippen LogP contribution in [0.5, 0.6) is 0 Å². The summed E-state index contributed by atoms with van der Waals surface area (Å²) >= 11 is 0. The summed E-state index contributed by atoms with van der Waals surface area (Å²) in [5.74, 6) is -2.34. The maximum atomic E-state index is 13.6. The van der Waals surface area contributed by atoms with Crippen molar-refractivity contribution < 1.29 is 22.4 Å². The summed E-state index contributed by atoms with van der Waals surface area (Å²) in [5, 5.41) is 6.58. The van der Waals surface area contributed by atoms with E-state index in [1.54, 1.807) is 13.8 Å². The van der Waals surface area contributed by atoms with Gasteiger partial charge in [0.1, 0.15) is 18.2 Å². The molecule has 1 amide bonds. The summed E-state index contributed by atoms with van der Waals surface area (Å²) in [4.78, 5) is 16.4. The van der Waals surface area contributed by atoms with Crippen LogP contribution in [-0.4, -0.2) is 20.7 Å². The SMILES string of the molecule is Cc1cc(C(F)F)c2c(C)nn(CC(=O)Nc3ccc(F)cc3F)c2n1. The van der Waals surface area contributed by atoms with Crippen LogP contribution in [0.1, 0.15) is 23.4 Å². The second-order valence-corrected chi connectivity index (χ2v) is 5.77. The Bertz CT molecular complexity index is 1000. The van der Waals surface area contributed by atoms with Crippen molar-refractivity contribution in [2.24, 2.45) is 0 Å². The highest BCUT2D eigenvalue weighted by Gasteiger charge is 2.21. The molecule has 9 heteroatoms. The van der Waals surface area contributed by atoms with Crippen LogP contribution in [0.3, 0.4) is 0 Å². The van der Waals surface area contributed by atoms with Gasteiger partial charge in [-0.05, 0) is 32.0 Å². The zero-order valence-corrected chi connectivity index (χ0v) is 13.9. The van der Waals surface area contributed by atoms with Crippen LogP contribution in [0.25, 0.3) is 11.0 Å². The van der Waals surface area contributed by atoms with Crippen molar-refractivity contribution in [1.29, 1.82) is 0 Å².